The summed E-state index contributed by atoms with van der Waals surface area (Å²) >= 11 is 0. The lowest BCUT2D eigenvalue weighted by molar-refractivity contribution is -0.0114. The Bertz CT molecular complexity index is 377. The van der Waals surface area contributed by atoms with E-state index in [1.165, 1.54) is 12.0 Å². The van der Waals surface area contributed by atoms with Crippen LogP contribution in [0.4, 0.5) is 0 Å². The lowest BCUT2D eigenvalue weighted by Gasteiger charge is -2.35. The van der Waals surface area contributed by atoms with Gasteiger partial charge in [0.1, 0.15) is 0 Å². The molecule has 2 unspecified atom stereocenters. The van der Waals surface area contributed by atoms with Gasteiger partial charge in [-0.1, -0.05) is 19.8 Å². The molecule has 0 spiro atoms. The molecule has 2 atom stereocenters. The van der Waals surface area contributed by atoms with Gasteiger partial charge < -0.3 is 10.4 Å². The van der Waals surface area contributed by atoms with Crippen LogP contribution < -0.4 is 5.32 Å². The molecule has 4 heteroatoms. The van der Waals surface area contributed by atoms with Crippen LogP contribution in [-0.4, -0.2) is 33.6 Å². The van der Waals surface area contributed by atoms with Gasteiger partial charge in [0.15, 0.2) is 0 Å². The maximum Gasteiger partial charge on any atom is 0.0774 e. The second-order valence-corrected chi connectivity index (χ2v) is 5.87. The summed E-state index contributed by atoms with van der Waals surface area (Å²) in [6.07, 6.45) is 9.21. The van der Waals surface area contributed by atoms with Crippen LogP contribution >= 0.6 is 0 Å². The Labute approximate surface area is 109 Å². The smallest absolute Gasteiger partial charge is 0.0774 e. The molecular weight excluding hydrogens is 226 g/mol. The van der Waals surface area contributed by atoms with Crippen LogP contribution in [0.5, 0.6) is 0 Å². The summed E-state index contributed by atoms with van der Waals surface area (Å²) in [7, 11) is 1.93. The second-order valence-electron chi connectivity index (χ2n) is 5.87. The van der Waals surface area contributed by atoms with Crippen molar-refractivity contribution in [1.82, 2.24) is 15.1 Å². The number of hydrogen-bond donors (Lipinski definition) is 2. The number of aromatic nitrogens is 2. The molecule has 0 aromatic carbocycles. The fraction of sp³-hybridized carbons (Fsp3) is 0.786. The molecule has 1 saturated carbocycles. The van der Waals surface area contributed by atoms with E-state index in [9.17, 15) is 5.11 Å². The summed E-state index contributed by atoms with van der Waals surface area (Å²) in [6.45, 7) is 3.86. The van der Waals surface area contributed by atoms with Crippen LogP contribution in [0, 0.1) is 5.92 Å². The van der Waals surface area contributed by atoms with Crippen molar-refractivity contribution in [2.75, 3.05) is 13.1 Å². The predicted octanol–water partition coefficient (Wildman–Crippen LogP) is 1.49. The summed E-state index contributed by atoms with van der Waals surface area (Å²) < 4.78 is 1.83. The van der Waals surface area contributed by atoms with Gasteiger partial charge >= 0.3 is 0 Å². The van der Waals surface area contributed by atoms with E-state index < -0.39 is 5.60 Å². The average Bonchev–Trinajstić information content (AvgIpc) is 2.70. The van der Waals surface area contributed by atoms with Gasteiger partial charge in [-0.25, -0.2) is 0 Å². The third-order valence-electron chi connectivity index (χ3n) is 3.87. The average molecular weight is 251 g/mol. The third kappa shape index (κ3) is 3.82. The van der Waals surface area contributed by atoms with Gasteiger partial charge in [-0.15, -0.1) is 0 Å². The molecule has 0 amide bonds. The Morgan fingerprint density at radius 3 is 3.11 bits per heavy atom. The van der Waals surface area contributed by atoms with E-state index >= 15 is 0 Å². The van der Waals surface area contributed by atoms with Gasteiger partial charge in [0.25, 0.3) is 0 Å². The van der Waals surface area contributed by atoms with Crippen LogP contribution in [0.25, 0.3) is 0 Å². The van der Waals surface area contributed by atoms with Crippen molar-refractivity contribution in [3.63, 3.8) is 0 Å². The number of nitrogens with one attached hydrogen (secondary N) is 1. The van der Waals surface area contributed by atoms with E-state index in [-0.39, 0.29) is 0 Å². The quantitative estimate of drug-likeness (QED) is 0.780. The molecule has 1 aromatic rings. The zero-order valence-electron chi connectivity index (χ0n) is 11.5. The van der Waals surface area contributed by atoms with Gasteiger partial charge in [0.05, 0.1) is 11.8 Å². The Balaban J connectivity index is 1.68. The molecule has 18 heavy (non-hydrogen) atoms. The molecule has 2 rings (SSSR count). The highest BCUT2D eigenvalue weighted by Crippen LogP contribution is 2.31. The molecule has 1 fully saturated rings. The molecule has 1 aliphatic carbocycles. The maximum atomic E-state index is 10.5. The minimum Gasteiger partial charge on any atom is -0.389 e. The highest BCUT2D eigenvalue weighted by molar-refractivity contribution is 5.03. The molecule has 102 valence electrons. The topological polar surface area (TPSA) is 50.1 Å². The van der Waals surface area contributed by atoms with E-state index in [1.54, 1.807) is 0 Å². The summed E-state index contributed by atoms with van der Waals surface area (Å²) in [4.78, 5) is 0. The monoisotopic (exact) mass is 251 g/mol. The summed E-state index contributed by atoms with van der Waals surface area (Å²) in [5, 5.41) is 18.0. The molecule has 0 bridgehead atoms. The van der Waals surface area contributed by atoms with Crippen LogP contribution in [-0.2, 0) is 13.5 Å². The first-order chi connectivity index (χ1) is 8.57. The summed E-state index contributed by atoms with van der Waals surface area (Å²) in [6, 6.07) is 0. The van der Waals surface area contributed by atoms with Crippen LogP contribution in [0.1, 0.15) is 38.2 Å². The molecule has 0 saturated heterocycles. The van der Waals surface area contributed by atoms with Crippen molar-refractivity contribution in [2.24, 2.45) is 13.0 Å². The van der Waals surface area contributed by atoms with Gasteiger partial charge in [0, 0.05) is 19.8 Å². The van der Waals surface area contributed by atoms with Gasteiger partial charge in [0.2, 0.25) is 0 Å². The van der Waals surface area contributed by atoms with Gasteiger partial charge in [-0.05, 0) is 37.3 Å². The minimum atomic E-state index is -0.480. The van der Waals surface area contributed by atoms with Crippen molar-refractivity contribution in [1.29, 1.82) is 0 Å². The molecule has 0 radical (unpaired) electrons. The minimum absolute atomic E-state index is 0.480. The predicted molar refractivity (Wildman–Crippen MR) is 72.4 cm³/mol. The molecule has 4 nitrogen and oxygen atoms in total. The van der Waals surface area contributed by atoms with E-state index in [4.69, 9.17) is 0 Å². The van der Waals surface area contributed by atoms with E-state index in [2.05, 4.69) is 17.3 Å². The van der Waals surface area contributed by atoms with Gasteiger partial charge in [-0.2, -0.15) is 5.10 Å². The lowest BCUT2D eigenvalue weighted by Crippen LogP contribution is -2.44. The van der Waals surface area contributed by atoms with E-state index in [0.29, 0.717) is 5.92 Å². The van der Waals surface area contributed by atoms with Crippen molar-refractivity contribution >= 4 is 0 Å². The number of aryl methyl sites for hydroxylation is 1. The molecular formula is C14H25N3O. The molecule has 1 heterocycles. The van der Waals surface area contributed by atoms with Crippen LogP contribution in [0.2, 0.25) is 0 Å². The number of hydrogen-bond acceptors (Lipinski definition) is 3. The van der Waals surface area contributed by atoms with Crippen LogP contribution in [0.15, 0.2) is 12.4 Å². The zero-order chi connectivity index (χ0) is 13.0. The van der Waals surface area contributed by atoms with Crippen molar-refractivity contribution in [3.05, 3.63) is 18.0 Å². The fourth-order valence-corrected chi connectivity index (χ4v) is 2.95. The van der Waals surface area contributed by atoms with Crippen LogP contribution in [0.3, 0.4) is 0 Å². The Kier molecular flexibility index (Phi) is 4.40. The molecule has 1 aliphatic rings. The highest BCUT2D eigenvalue weighted by atomic mass is 16.3. The van der Waals surface area contributed by atoms with E-state index in [0.717, 1.165) is 38.8 Å². The number of aliphatic hydroxyl groups is 1. The lowest BCUT2D eigenvalue weighted by atomic mass is 9.79. The van der Waals surface area contributed by atoms with Gasteiger partial charge in [-0.3, -0.25) is 4.68 Å². The largest absolute Gasteiger partial charge is 0.389 e. The Morgan fingerprint density at radius 2 is 2.44 bits per heavy atom. The number of nitrogens with zero attached hydrogens (tertiary/aromatic N) is 2. The third-order valence-corrected chi connectivity index (χ3v) is 3.87. The first-order valence-corrected chi connectivity index (χ1v) is 6.98. The second kappa shape index (κ2) is 5.85. The molecule has 0 aliphatic heterocycles. The maximum absolute atomic E-state index is 10.5. The van der Waals surface area contributed by atoms with E-state index in [1.807, 2.05) is 24.1 Å². The summed E-state index contributed by atoms with van der Waals surface area (Å²) in [5.74, 6) is 0.656. The zero-order valence-corrected chi connectivity index (χ0v) is 11.5. The first kappa shape index (κ1) is 13.6. The van der Waals surface area contributed by atoms with Crippen molar-refractivity contribution in [3.8, 4) is 0 Å². The molecule has 2 N–H and O–H groups in total. The standard InChI is InChI=1S/C14H25N3O/c1-12-4-3-6-14(18,8-12)11-15-7-5-13-9-16-17(2)10-13/h9-10,12,15,18H,3-8,11H2,1-2H3. The number of rotatable bonds is 5. The fourth-order valence-electron chi connectivity index (χ4n) is 2.95. The normalized spacial score (nSPS) is 28.5. The Hall–Kier alpha value is -0.870. The first-order valence-electron chi connectivity index (χ1n) is 6.98. The molecule has 1 aromatic heterocycles. The Morgan fingerprint density at radius 1 is 1.61 bits per heavy atom. The van der Waals surface area contributed by atoms with Crippen molar-refractivity contribution < 1.29 is 5.11 Å². The van der Waals surface area contributed by atoms with Crippen molar-refractivity contribution in [2.45, 2.75) is 44.6 Å². The highest BCUT2D eigenvalue weighted by Gasteiger charge is 2.31. The SMILES string of the molecule is CC1CCCC(O)(CNCCc2cnn(C)c2)C1. The summed E-state index contributed by atoms with van der Waals surface area (Å²) in [5.41, 5.74) is 0.765.